The molecule has 0 aliphatic heterocycles. The fourth-order valence-corrected chi connectivity index (χ4v) is 4.18. The maximum atomic E-state index is 12.9. The molecule has 0 aromatic heterocycles. The van der Waals surface area contributed by atoms with Crippen LogP contribution in [-0.4, -0.2) is 36.0 Å². The number of anilines is 2. The number of nitrogens with one attached hydrogen (secondary N) is 6. The Labute approximate surface area is 247 Å². The molecule has 0 bridgehead atoms. The molecule has 222 valence electrons. The summed E-state index contributed by atoms with van der Waals surface area (Å²) in [6, 6.07) is 23.1. The zero-order chi connectivity index (χ0) is 30.5. The van der Waals surface area contributed by atoms with Crippen molar-refractivity contribution in [1.29, 1.82) is 0 Å². The van der Waals surface area contributed by atoms with Crippen LogP contribution >= 0.6 is 0 Å². The van der Waals surface area contributed by atoms with E-state index in [2.05, 4.69) is 31.9 Å². The summed E-state index contributed by atoms with van der Waals surface area (Å²) in [5.74, 6) is -0.867. The van der Waals surface area contributed by atoms with Gasteiger partial charge in [0, 0.05) is 24.5 Å². The van der Waals surface area contributed by atoms with Crippen LogP contribution in [0, 0.1) is 11.8 Å². The lowest BCUT2D eigenvalue weighted by Gasteiger charge is -2.22. The number of benzene rings is 3. The van der Waals surface area contributed by atoms with Crippen molar-refractivity contribution in [3.8, 4) is 0 Å². The predicted octanol–water partition coefficient (Wildman–Crippen LogP) is 4.61. The molecule has 0 fully saturated rings. The Kier molecular flexibility index (Phi) is 11.9. The number of hydrogen-bond acceptors (Lipinski definition) is 4. The van der Waals surface area contributed by atoms with Gasteiger partial charge in [-0.15, -0.1) is 0 Å². The van der Waals surface area contributed by atoms with E-state index in [1.807, 2.05) is 88.4 Å². The Morgan fingerprint density at radius 2 is 0.929 bits per heavy atom. The molecule has 3 aromatic rings. The van der Waals surface area contributed by atoms with Gasteiger partial charge in [0.05, 0.1) is 0 Å². The molecule has 0 aliphatic rings. The van der Waals surface area contributed by atoms with Gasteiger partial charge < -0.3 is 31.9 Å². The largest absolute Gasteiger partial charge is 0.350 e. The van der Waals surface area contributed by atoms with Gasteiger partial charge in [0.25, 0.3) is 0 Å². The van der Waals surface area contributed by atoms with Crippen molar-refractivity contribution in [3.63, 3.8) is 0 Å². The van der Waals surface area contributed by atoms with Crippen molar-refractivity contribution in [2.45, 2.75) is 52.9 Å². The average molecular weight is 573 g/mol. The van der Waals surface area contributed by atoms with Gasteiger partial charge in [0.15, 0.2) is 0 Å². The Morgan fingerprint density at radius 3 is 1.29 bits per heavy atom. The van der Waals surface area contributed by atoms with Crippen molar-refractivity contribution >= 4 is 35.3 Å². The number of rotatable bonds is 12. The third-order valence-electron chi connectivity index (χ3n) is 6.46. The molecule has 10 heteroatoms. The first-order valence-corrected chi connectivity index (χ1v) is 14.0. The topological polar surface area (TPSA) is 140 Å². The average Bonchev–Trinajstić information content (AvgIpc) is 2.97. The predicted molar refractivity (Wildman–Crippen MR) is 165 cm³/mol. The van der Waals surface area contributed by atoms with E-state index in [4.69, 9.17) is 0 Å². The van der Waals surface area contributed by atoms with Crippen LogP contribution in [-0.2, 0) is 22.7 Å². The zero-order valence-corrected chi connectivity index (χ0v) is 24.4. The number of urea groups is 2. The summed E-state index contributed by atoms with van der Waals surface area (Å²) < 4.78 is 0. The van der Waals surface area contributed by atoms with Crippen LogP contribution in [0.2, 0.25) is 0 Å². The molecular weight excluding hydrogens is 532 g/mol. The van der Waals surface area contributed by atoms with E-state index in [1.54, 1.807) is 24.3 Å². The summed E-state index contributed by atoms with van der Waals surface area (Å²) in [4.78, 5) is 50.8. The molecule has 2 atom stereocenters. The molecule has 0 heterocycles. The molecule has 10 nitrogen and oxygen atoms in total. The fourth-order valence-electron chi connectivity index (χ4n) is 4.18. The van der Waals surface area contributed by atoms with Gasteiger partial charge in [0.2, 0.25) is 11.8 Å². The maximum absolute atomic E-state index is 12.9. The van der Waals surface area contributed by atoms with Crippen LogP contribution in [0.15, 0.2) is 84.9 Å². The molecule has 0 unspecified atom stereocenters. The molecule has 0 aliphatic carbocycles. The summed E-state index contributed by atoms with van der Waals surface area (Å²) in [6.07, 6.45) is 0. The maximum Gasteiger partial charge on any atom is 0.319 e. The highest BCUT2D eigenvalue weighted by Crippen LogP contribution is 2.10. The molecule has 0 spiro atoms. The molecule has 0 saturated carbocycles. The molecule has 6 amide bonds. The first-order valence-electron chi connectivity index (χ1n) is 14.0. The van der Waals surface area contributed by atoms with Gasteiger partial charge in [-0.05, 0) is 47.2 Å². The Balaban J connectivity index is 1.51. The quantitative estimate of drug-likeness (QED) is 0.189. The minimum absolute atomic E-state index is 0.134. The Hall–Kier alpha value is -4.86. The van der Waals surface area contributed by atoms with Crippen LogP contribution in [0.5, 0.6) is 0 Å². The van der Waals surface area contributed by atoms with Crippen LogP contribution < -0.4 is 31.9 Å². The van der Waals surface area contributed by atoms with Crippen LogP contribution in [0.3, 0.4) is 0 Å². The highest BCUT2D eigenvalue weighted by molar-refractivity contribution is 5.94. The zero-order valence-electron chi connectivity index (χ0n) is 24.4. The number of carbonyl (C=O) groups excluding carboxylic acids is 4. The van der Waals surface area contributed by atoms with E-state index < -0.39 is 24.1 Å². The number of hydrogen-bond donors (Lipinski definition) is 6. The first-order chi connectivity index (χ1) is 20.1. The van der Waals surface area contributed by atoms with Gasteiger partial charge in [-0.2, -0.15) is 0 Å². The summed E-state index contributed by atoms with van der Waals surface area (Å²) in [6.45, 7) is 7.95. The smallest absolute Gasteiger partial charge is 0.319 e. The fraction of sp³-hybridized carbons (Fsp3) is 0.312. The third-order valence-corrected chi connectivity index (χ3v) is 6.46. The van der Waals surface area contributed by atoms with Crippen molar-refractivity contribution in [3.05, 3.63) is 96.1 Å². The van der Waals surface area contributed by atoms with Crippen LogP contribution in [0.4, 0.5) is 21.0 Å². The monoisotopic (exact) mass is 572 g/mol. The Morgan fingerprint density at radius 1 is 0.548 bits per heavy atom. The third kappa shape index (κ3) is 10.3. The second kappa shape index (κ2) is 15.8. The van der Waals surface area contributed by atoms with Crippen LogP contribution in [0.1, 0.15) is 38.8 Å². The van der Waals surface area contributed by atoms with E-state index in [-0.39, 0.29) is 36.7 Å². The summed E-state index contributed by atoms with van der Waals surface area (Å²) in [7, 11) is 0. The molecular formula is C32H40N6O4. The van der Waals surface area contributed by atoms with Gasteiger partial charge in [-0.25, -0.2) is 9.59 Å². The molecule has 3 rings (SSSR count). The van der Waals surface area contributed by atoms with E-state index >= 15 is 0 Å². The lowest BCUT2D eigenvalue weighted by atomic mass is 10.0. The van der Waals surface area contributed by atoms with Gasteiger partial charge in [-0.1, -0.05) is 88.4 Å². The van der Waals surface area contributed by atoms with Gasteiger partial charge in [0.1, 0.15) is 12.1 Å². The van der Waals surface area contributed by atoms with E-state index in [1.165, 1.54) is 0 Å². The van der Waals surface area contributed by atoms with Crippen molar-refractivity contribution in [1.82, 2.24) is 21.3 Å². The highest BCUT2D eigenvalue weighted by Gasteiger charge is 2.25. The lowest BCUT2D eigenvalue weighted by Crippen LogP contribution is -2.50. The van der Waals surface area contributed by atoms with Crippen molar-refractivity contribution in [2.24, 2.45) is 11.8 Å². The Bertz CT molecular complexity index is 1230. The number of carbonyl (C=O) groups is 4. The van der Waals surface area contributed by atoms with E-state index in [9.17, 15) is 19.2 Å². The molecule has 42 heavy (non-hydrogen) atoms. The number of para-hydroxylation sites is 2. The summed E-state index contributed by atoms with van der Waals surface area (Å²) >= 11 is 0. The van der Waals surface area contributed by atoms with E-state index in [0.717, 1.165) is 11.1 Å². The number of amides is 6. The van der Waals surface area contributed by atoms with Crippen LogP contribution in [0.25, 0.3) is 0 Å². The van der Waals surface area contributed by atoms with Crippen molar-refractivity contribution in [2.75, 3.05) is 10.6 Å². The minimum Gasteiger partial charge on any atom is -0.350 e. The summed E-state index contributed by atoms with van der Waals surface area (Å²) in [5.41, 5.74) is 2.94. The van der Waals surface area contributed by atoms with Gasteiger partial charge in [-0.3, -0.25) is 9.59 Å². The van der Waals surface area contributed by atoms with Crippen molar-refractivity contribution < 1.29 is 19.2 Å². The minimum atomic E-state index is -0.726. The second-order valence-corrected chi connectivity index (χ2v) is 10.6. The first kappa shape index (κ1) is 31.7. The molecule has 0 saturated heterocycles. The van der Waals surface area contributed by atoms with E-state index in [0.29, 0.717) is 11.4 Å². The molecule has 6 N–H and O–H groups in total. The highest BCUT2D eigenvalue weighted by atomic mass is 16.2. The SMILES string of the molecule is CC(C)[C@H](NC(=O)Nc1ccccc1)C(=O)NCc1cccc(CNC(=O)[C@@H](NC(=O)Nc2ccccc2)C(C)C)c1. The normalized spacial score (nSPS) is 12.1. The summed E-state index contributed by atoms with van der Waals surface area (Å²) in [5, 5.41) is 16.7. The molecule has 0 radical (unpaired) electrons. The lowest BCUT2D eigenvalue weighted by molar-refractivity contribution is -0.124. The second-order valence-electron chi connectivity index (χ2n) is 10.6. The molecule has 3 aromatic carbocycles. The van der Waals surface area contributed by atoms with Gasteiger partial charge >= 0.3 is 12.1 Å². The standard InChI is InChI=1S/C32H40N6O4/c1-21(2)27(37-31(41)35-25-14-7-5-8-15-25)29(39)33-19-23-12-11-13-24(18-23)20-34-30(40)28(22(3)4)38-32(42)36-26-16-9-6-10-17-26/h5-18,21-22,27-28H,19-20H2,1-4H3,(H,33,39)(H,34,40)(H2,35,37,41)(H2,36,38,42)/t27-,28-/m0/s1.